The summed E-state index contributed by atoms with van der Waals surface area (Å²) in [6.45, 7) is 0. The number of hydrogen-bond acceptors (Lipinski definition) is 2. The topological polar surface area (TPSA) is 52.0 Å². The molecule has 4 N–H and O–H groups in total. The molecule has 0 radical (unpaired) electrons. The summed E-state index contributed by atoms with van der Waals surface area (Å²) in [6, 6.07) is 7.63. The molecular weight excluding hydrogens is 192 g/mol. The van der Waals surface area contributed by atoms with Crippen molar-refractivity contribution in [2.45, 2.75) is 6.17 Å². The van der Waals surface area contributed by atoms with Crippen LogP contribution in [0.5, 0.6) is 0 Å². The third-order valence-corrected chi connectivity index (χ3v) is 1.78. The van der Waals surface area contributed by atoms with Crippen LogP contribution in [0.3, 0.4) is 0 Å². The minimum Gasteiger partial charge on any atom is -0.312 e. The molecule has 0 bridgehead atoms. The molecular formula is C7H9BrN2. The fourth-order valence-corrected chi connectivity index (χ4v) is 0.949. The first-order valence-electron chi connectivity index (χ1n) is 2.97. The molecule has 0 unspecified atom stereocenters. The van der Waals surface area contributed by atoms with Crippen LogP contribution in [0.1, 0.15) is 11.7 Å². The van der Waals surface area contributed by atoms with Gasteiger partial charge in [0.05, 0.1) is 6.17 Å². The van der Waals surface area contributed by atoms with E-state index in [-0.39, 0.29) is 6.17 Å². The van der Waals surface area contributed by atoms with Gasteiger partial charge < -0.3 is 11.5 Å². The van der Waals surface area contributed by atoms with Gasteiger partial charge >= 0.3 is 0 Å². The van der Waals surface area contributed by atoms with E-state index in [0.717, 1.165) is 10.0 Å². The highest BCUT2D eigenvalue weighted by atomic mass is 79.9. The molecule has 3 heteroatoms. The van der Waals surface area contributed by atoms with Crippen LogP contribution in [-0.2, 0) is 0 Å². The van der Waals surface area contributed by atoms with Gasteiger partial charge in [-0.3, -0.25) is 0 Å². The van der Waals surface area contributed by atoms with Gasteiger partial charge in [0.2, 0.25) is 0 Å². The van der Waals surface area contributed by atoms with Crippen molar-refractivity contribution < 1.29 is 0 Å². The van der Waals surface area contributed by atoms with Gasteiger partial charge in [0.1, 0.15) is 0 Å². The molecule has 0 fully saturated rings. The minimum atomic E-state index is -0.368. The maximum Gasteiger partial charge on any atom is 0.0784 e. The van der Waals surface area contributed by atoms with E-state index in [9.17, 15) is 0 Å². The molecule has 0 atom stereocenters. The van der Waals surface area contributed by atoms with Crippen LogP contribution in [0.2, 0.25) is 0 Å². The molecule has 54 valence electrons. The molecule has 0 amide bonds. The number of nitrogens with two attached hydrogens (primary N) is 2. The number of benzene rings is 1. The van der Waals surface area contributed by atoms with Gasteiger partial charge in [-0.1, -0.05) is 28.1 Å². The second kappa shape index (κ2) is 3.14. The first-order valence-corrected chi connectivity index (χ1v) is 3.76. The molecule has 0 aliphatic carbocycles. The standard InChI is InChI=1S/C7H9BrN2/c8-6-3-1-5(2-4-6)7(9)10/h1-4,7H,9-10H2. The number of hydrogen-bond donors (Lipinski definition) is 2. The van der Waals surface area contributed by atoms with E-state index in [0.29, 0.717) is 0 Å². The van der Waals surface area contributed by atoms with Gasteiger partial charge in [0.15, 0.2) is 0 Å². The number of rotatable bonds is 1. The Morgan fingerprint density at radius 1 is 1.10 bits per heavy atom. The Bertz CT molecular complexity index is 205. The van der Waals surface area contributed by atoms with Crippen LogP contribution in [0, 0.1) is 0 Å². The molecule has 0 aliphatic rings. The Balaban J connectivity index is 2.89. The summed E-state index contributed by atoms with van der Waals surface area (Å²) >= 11 is 3.31. The van der Waals surface area contributed by atoms with E-state index in [2.05, 4.69) is 15.9 Å². The minimum absolute atomic E-state index is 0.368. The first-order chi connectivity index (χ1) is 4.70. The lowest BCUT2D eigenvalue weighted by Crippen LogP contribution is -2.19. The van der Waals surface area contributed by atoms with E-state index in [1.165, 1.54) is 0 Å². The Morgan fingerprint density at radius 3 is 2.00 bits per heavy atom. The number of halogens is 1. The van der Waals surface area contributed by atoms with Crippen LogP contribution >= 0.6 is 15.9 Å². The summed E-state index contributed by atoms with van der Waals surface area (Å²) in [5.74, 6) is 0. The summed E-state index contributed by atoms with van der Waals surface area (Å²) in [6.07, 6.45) is -0.368. The van der Waals surface area contributed by atoms with Crippen molar-refractivity contribution in [2.24, 2.45) is 11.5 Å². The zero-order valence-electron chi connectivity index (χ0n) is 5.42. The quantitative estimate of drug-likeness (QED) is 0.674. The molecule has 0 heterocycles. The van der Waals surface area contributed by atoms with Gasteiger partial charge in [-0.2, -0.15) is 0 Å². The highest BCUT2D eigenvalue weighted by molar-refractivity contribution is 9.10. The highest BCUT2D eigenvalue weighted by Crippen LogP contribution is 2.12. The third kappa shape index (κ3) is 1.80. The van der Waals surface area contributed by atoms with Crippen molar-refractivity contribution in [2.75, 3.05) is 0 Å². The molecule has 1 aromatic carbocycles. The monoisotopic (exact) mass is 200 g/mol. The molecule has 0 saturated heterocycles. The predicted octanol–water partition coefficient (Wildman–Crippen LogP) is 1.37. The summed E-state index contributed by atoms with van der Waals surface area (Å²) in [4.78, 5) is 0. The smallest absolute Gasteiger partial charge is 0.0784 e. The Labute approximate surface area is 68.3 Å². The van der Waals surface area contributed by atoms with Crippen LogP contribution < -0.4 is 11.5 Å². The molecule has 2 nitrogen and oxygen atoms in total. The van der Waals surface area contributed by atoms with Crippen molar-refractivity contribution in [3.8, 4) is 0 Å². The molecule has 1 aromatic rings. The largest absolute Gasteiger partial charge is 0.312 e. The van der Waals surface area contributed by atoms with Crippen LogP contribution in [0.25, 0.3) is 0 Å². The molecule has 0 spiro atoms. The lowest BCUT2D eigenvalue weighted by Gasteiger charge is -2.03. The maximum atomic E-state index is 5.43. The molecule has 0 saturated carbocycles. The Kier molecular flexibility index (Phi) is 2.43. The Morgan fingerprint density at radius 2 is 1.60 bits per heavy atom. The average Bonchev–Trinajstić information content (AvgIpc) is 1.88. The zero-order valence-corrected chi connectivity index (χ0v) is 7.01. The lowest BCUT2D eigenvalue weighted by atomic mass is 10.2. The van der Waals surface area contributed by atoms with Gasteiger partial charge in [0, 0.05) is 4.47 Å². The average molecular weight is 201 g/mol. The van der Waals surface area contributed by atoms with Gasteiger partial charge in [-0.05, 0) is 17.7 Å². The van der Waals surface area contributed by atoms with E-state index in [4.69, 9.17) is 11.5 Å². The van der Waals surface area contributed by atoms with E-state index < -0.39 is 0 Å². The van der Waals surface area contributed by atoms with Crippen LogP contribution in [0.15, 0.2) is 28.7 Å². The second-order valence-corrected chi connectivity index (χ2v) is 2.99. The summed E-state index contributed by atoms with van der Waals surface area (Å²) in [7, 11) is 0. The van der Waals surface area contributed by atoms with E-state index >= 15 is 0 Å². The van der Waals surface area contributed by atoms with E-state index in [1.54, 1.807) is 0 Å². The highest BCUT2D eigenvalue weighted by Gasteiger charge is 1.96. The van der Waals surface area contributed by atoms with Crippen LogP contribution in [-0.4, -0.2) is 0 Å². The first kappa shape index (κ1) is 7.72. The molecule has 0 aliphatic heterocycles. The lowest BCUT2D eigenvalue weighted by molar-refractivity contribution is 0.773. The summed E-state index contributed by atoms with van der Waals surface area (Å²) in [5, 5.41) is 0. The van der Waals surface area contributed by atoms with Crippen LogP contribution in [0.4, 0.5) is 0 Å². The molecule has 1 rings (SSSR count). The summed E-state index contributed by atoms with van der Waals surface area (Å²) in [5.41, 5.74) is 11.8. The van der Waals surface area contributed by atoms with Gasteiger partial charge in [-0.25, -0.2) is 0 Å². The Hall–Kier alpha value is -0.380. The molecule has 0 aromatic heterocycles. The fraction of sp³-hybridized carbons (Fsp3) is 0.143. The van der Waals surface area contributed by atoms with Gasteiger partial charge in [-0.15, -0.1) is 0 Å². The normalized spacial score (nSPS) is 10.4. The zero-order chi connectivity index (χ0) is 7.56. The van der Waals surface area contributed by atoms with Crippen molar-refractivity contribution in [1.82, 2.24) is 0 Å². The van der Waals surface area contributed by atoms with Crippen molar-refractivity contribution >= 4 is 15.9 Å². The van der Waals surface area contributed by atoms with Crippen molar-refractivity contribution in [3.05, 3.63) is 34.3 Å². The SMILES string of the molecule is NC(N)c1ccc(Br)cc1. The van der Waals surface area contributed by atoms with Crippen molar-refractivity contribution in [3.63, 3.8) is 0 Å². The fourth-order valence-electron chi connectivity index (χ4n) is 0.685. The second-order valence-electron chi connectivity index (χ2n) is 2.08. The predicted molar refractivity (Wildman–Crippen MR) is 45.3 cm³/mol. The van der Waals surface area contributed by atoms with Crippen molar-refractivity contribution in [1.29, 1.82) is 0 Å². The van der Waals surface area contributed by atoms with E-state index in [1.807, 2.05) is 24.3 Å². The maximum absolute atomic E-state index is 5.43. The van der Waals surface area contributed by atoms with Gasteiger partial charge in [0.25, 0.3) is 0 Å². The third-order valence-electron chi connectivity index (χ3n) is 1.25. The summed E-state index contributed by atoms with van der Waals surface area (Å²) < 4.78 is 1.04. The molecule has 10 heavy (non-hydrogen) atoms.